The largest absolute Gasteiger partial charge is 0.328 e. The van der Waals surface area contributed by atoms with E-state index in [0.717, 1.165) is 12.1 Å². The SMILES string of the molecule is O=C(c1ccn[nH]1)N1CCNCC1c1cccc(F)c1. The highest BCUT2D eigenvalue weighted by Crippen LogP contribution is 2.24. The summed E-state index contributed by atoms with van der Waals surface area (Å²) >= 11 is 0. The lowest BCUT2D eigenvalue weighted by Gasteiger charge is -2.36. The summed E-state index contributed by atoms with van der Waals surface area (Å²) in [5, 5.41) is 9.72. The van der Waals surface area contributed by atoms with Crippen molar-refractivity contribution >= 4 is 5.91 Å². The van der Waals surface area contributed by atoms with Crippen LogP contribution in [0.2, 0.25) is 0 Å². The molecule has 2 N–H and O–H groups in total. The number of aromatic amines is 1. The van der Waals surface area contributed by atoms with Gasteiger partial charge in [-0.2, -0.15) is 5.10 Å². The molecule has 1 aliphatic rings. The lowest BCUT2D eigenvalue weighted by atomic mass is 10.0. The number of halogens is 1. The van der Waals surface area contributed by atoms with Crippen molar-refractivity contribution in [1.82, 2.24) is 20.4 Å². The molecule has 1 aliphatic heterocycles. The van der Waals surface area contributed by atoms with Crippen LogP contribution in [0.4, 0.5) is 4.39 Å². The van der Waals surface area contributed by atoms with E-state index >= 15 is 0 Å². The zero-order chi connectivity index (χ0) is 13.9. The summed E-state index contributed by atoms with van der Waals surface area (Å²) in [6.45, 7) is 1.92. The number of nitrogens with one attached hydrogen (secondary N) is 2. The van der Waals surface area contributed by atoms with Gasteiger partial charge in [-0.25, -0.2) is 4.39 Å². The second kappa shape index (κ2) is 5.42. The quantitative estimate of drug-likeness (QED) is 0.868. The Morgan fingerprint density at radius 1 is 1.40 bits per heavy atom. The van der Waals surface area contributed by atoms with Crippen LogP contribution in [-0.4, -0.2) is 40.6 Å². The molecule has 0 spiro atoms. The molecule has 1 amide bonds. The van der Waals surface area contributed by atoms with E-state index in [1.165, 1.54) is 12.1 Å². The number of hydrogen-bond acceptors (Lipinski definition) is 3. The van der Waals surface area contributed by atoms with E-state index < -0.39 is 0 Å². The fourth-order valence-corrected chi connectivity index (χ4v) is 2.49. The molecule has 1 saturated heterocycles. The van der Waals surface area contributed by atoms with E-state index in [2.05, 4.69) is 15.5 Å². The third-order valence-corrected chi connectivity index (χ3v) is 3.47. The van der Waals surface area contributed by atoms with Crippen molar-refractivity contribution < 1.29 is 9.18 Å². The molecule has 6 heteroatoms. The molecular weight excluding hydrogens is 259 g/mol. The number of amides is 1. The van der Waals surface area contributed by atoms with Gasteiger partial charge in [0.15, 0.2) is 0 Å². The third kappa shape index (κ3) is 2.42. The molecule has 2 heterocycles. The minimum Gasteiger partial charge on any atom is -0.328 e. The summed E-state index contributed by atoms with van der Waals surface area (Å²) in [4.78, 5) is 14.2. The summed E-state index contributed by atoms with van der Waals surface area (Å²) in [5.74, 6) is -0.403. The van der Waals surface area contributed by atoms with Crippen LogP contribution in [0.15, 0.2) is 36.5 Å². The molecule has 0 bridgehead atoms. The number of carbonyl (C=O) groups is 1. The Bertz CT molecular complexity index is 599. The van der Waals surface area contributed by atoms with Crippen LogP contribution < -0.4 is 5.32 Å². The fourth-order valence-electron chi connectivity index (χ4n) is 2.49. The maximum Gasteiger partial charge on any atom is 0.272 e. The highest BCUT2D eigenvalue weighted by molar-refractivity contribution is 5.92. The van der Waals surface area contributed by atoms with Gasteiger partial charge in [-0.05, 0) is 23.8 Å². The molecule has 5 nitrogen and oxygen atoms in total. The summed E-state index contributed by atoms with van der Waals surface area (Å²) in [5.41, 5.74) is 1.25. The average Bonchev–Trinajstić information content (AvgIpc) is 3.01. The Kier molecular flexibility index (Phi) is 3.47. The first-order valence-corrected chi connectivity index (χ1v) is 6.52. The predicted molar refractivity (Wildman–Crippen MR) is 71.6 cm³/mol. The van der Waals surface area contributed by atoms with Crippen LogP contribution in [0.5, 0.6) is 0 Å². The highest BCUT2D eigenvalue weighted by atomic mass is 19.1. The molecule has 0 aliphatic carbocycles. The van der Waals surface area contributed by atoms with E-state index in [1.807, 2.05) is 6.07 Å². The molecule has 20 heavy (non-hydrogen) atoms. The van der Waals surface area contributed by atoms with Gasteiger partial charge in [-0.1, -0.05) is 12.1 Å². The monoisotopic (exact) mass is 274 g/mol. The van der Waals surface area contributed by atoms with Gasteiger partial charge in [0.2, 0.25) is 0 Å². The molecule has 1 atom stereocenters. The minimum atomic E-state index is -0.290. The summed E-state index contributed by atoms with van der Waals surface area (Å²) in [6, 6.07) is 7.86. The number of benzene rings is 1. The van der Waals surface area contributed by atoms with Gasteiger partial charge in [-0.15, -0.1) is 0 Å². The van der Waals surface area contributed by atoms with Gasteiger partial charge in [0.05, 0.1) is 6.04 Å². The van der Waals surface area contributed by atoms with Gasteiger partial charge in [0.25, 0.3) is 5.91 Å². The van der Waals surface area contributed by atoms with Crippen molar-refractivity contribution in [2.75, 3.05) is 19.6 Å². The maximum absolute atomic E-state index is 13.4. The van der Waals surface area contributed by atoms with Crippen LogP contribution in [0.25, 0.3) is 0 Å². The number of hydrogen-bond donors (Lipinski definition) is 2. The van der Waals surface area contributed by atoms with Crippen LogP contribution in [0, 0.1) is 5.82 Å². The highest BCUT2D eigenvalue weighted by Gasteiger charge is 2.29. The zero-order valence-corrected chi connectivity index (χ0v) is 10.8. The third-order valence-electron chi connectivity index (χ3n) is 3.47. The first-order chi connectivity index (χ1) is 9.75. The first-order valence-electron chi connectivity index (χ1n) is 6.52. The molecular formula is C14H15FN4O. The van der Waals surface area contributed by atoms with E-state index in [4.69, 9.17) is 0 Å². The fraction of sp³-hybridized carbons (Fsp3) is 0.286. The van der Waals surface area contributed by atoms with Gasteiger partial charge in [0, 0.05) is 25.8 Å². The molecule has 2 aromatic rings. The molecule has 1 fully saturated rings. The van der Waals surface area contributed by atoms with Crippen molar-refractivity contribution in [3.05, 3.63) is 53.6 Å². The smallest absolute Gasteiger partial charge is 0.272 e. The van der Waals surface area contributed by atoms with Crippen LogP contribution in [0.3, 0.4) is 0 Å². The van der Waals surface area contributed by atoms with Crippen LogP contribution >= 0.6 is 0 Å². The number of rotatable bonds is 2. The number of piperazine rings is 1. The minimum absolute atomic E-state index is 0.113. The van der Waals surface area contributed by atoms with Crippen molar-refractivity contribution in [3.63, 3.8) is 0 Å². The van der Waals surface area contributed by atoms with Crippen LogP contribution in [-0.2, 0) is 0 Å². The van der Waals surface area contributed by atoms with Gasteiger partial charge < -0.3 is 10.2 Å². The number of aromatic nitrogens is 2. The van der Waals surface area contributed by atoms with Gasteiger partial charge >= 0.3 is 0 Å². The Labute approximate surface area is 115 Å². The molecule has 104 valence electrons. The Morgan fingerprint density at radius 2 is 2.30 bits per heavy atom. The van der Waals surface area contributed by atoms with Crippen LogP contribution in [0.1, 0.15) is 22.1 Å². The van der Waals surface area contributed by atoms with E-state index in [0.29, 0.717) is 18.8 Å². The zero-order valence-electron chi connectivity index (χ0n) is 10.8. The van der Waals surface area contributed by atoms with E-state index in [1.54, 1.807) is 23.2 Å². The number of H-pyrrole nitrogens is 1. The first kappa shape index (κ1) is 12.8. The summed E-state index contributed by atoms with van der Waals surface area (Å²) in [6.07, 6.45) is 1.55. The standard InChI is InChI=1S/C14H15FN4O/c15-11-3-1-2-10(8-11)13-9-16-6-7-19(13)14(20)12-4-5-17-18-12/h1-5,8,13,16H,6-7,9H2,(H,17,18). The Balaban J connectivity index is 1.89. The van der Waals surface area contributed by atoms with Gasteiger partial charge in [0.1, 0.15) is 11.5 Å². The molecule has 0 saturated carbocycles. The molecule has 0 radical (unpaired) electrons. The lowest BCUT2D eigenvalue weighted by molar-refractivity contribution is 0.0628. The van der Waals surface area contributed by atoms with Crippen molar-refractivity contribution in [2.24, 2.45) is 0 Å². The Morgan fingerprint density at radius 3 is 3.05 bits per heavy atom. The molecule has 1 aromatic carbocycles. The number of carbonyl (C=O) groups excluding carboxylic acids is 1. The summed E-state index contributed by atoms with van der Waals surface area (Å²) < 4.78 is 13.4. The topological polar surface area (TPSA) is 61.0 Å². The predicted octanol–water partition coefficient (Wildman–Crippen LogP) is 1.34. The average molecular weight is 274 g/mol. The summed E-state index contributed by atoms with van der Waals surface area (Å²) in [7, 11) is 0. The lowest BCUT2D eigenvalue weighted by Crippen LogP contribution is -2.48. The number of nitrogens with zero attached hydrogens (tertiary/aromatic N) is 2. The second-order valence-corrected chi connectivity index (χ2v) is 4.74. The van der Waals surface area contributed by atoms with Crippen molar-refractivity contribution in [3.8, 4) is 0 Å². The van der Waals surface area contributed by atoms with E-state index in [-0.39, 0.29) is 17.8 Å². The van der Waals surface area contributed by atoms with Gasteiger partial charge in [-0.3, -0.25) is 9.89 Å². The molecule has 3 rings (SSSR count). The van der Waals surface area contributed by atoms with E-state index in [9.17, 15) is 9.18 Å². The van der Waals surface area contributed by atoms with Crippen molar-refractivity contribution in [2.45, 2.75) is 6.04 Å². The Hall–Kier alpha value is -2.21. The molecule has 1 aromatic heterocycles. The maximum atomic E-state index is 13.4. The van der Waals surface area contributed by atoms with Crippen molar-refractivity contribution in [1.29, 1.82) is 0 Å². The normalized spacial score (nSPS) is 19.1. The second-order valence-electron chi connectivity index (χ2n) is 4.74. The molecule has 1 unspecified atom stereocenters.